The molecule has 1 N–H and O–H groups in total. The first-order valence-corrected chi connectivity index (χ1v) is 13.1. The number of carbonyl (C=O) groups excluding carboxylic acids is 1. The minimum atomic E-state index is -3.59. The molecule has 3 aromatic rings. The van der Waals surface area contributed by atoms with Crippen LogP contribution in [0, 0.1) is 0 Å². The molecule has 0 aromatic heterocycles. The first-order chi connectivity index (χ1) is 16.4. The van der Waals surface area contributed by atoms with Crippen molar-refractivity contribution in [3.63, 3.8) is 0 Å². The Morgan fingerprint density at radius 1 is 0.853 bits per heavy atom. The molecule has 0 spiro atoms. The molecule has 8 heteroatoms. The molecule has 0 aliphatic heterocycles. The van der Waals surface area contributed by atoms with Gasteiger partial charge in [-0.25, -0.2) is 0 Å². The molecule has 0 saturated heterocycles. The zero-order chi connectivity index (χ0) is 24.1. The van der Waals surface area contributed by atoms with Crippen molar-refractivity contribution in [2.24, 2.45) is 0 Å². The molecule has 0 heterocycles. The fraction of sp³-hybridized carbons (Fsp3) is 0.0385. The van der Waals surface area contributed by atoms with E-state index in [1.54, 1.807) is 78.9 Å². The Bertz CT molecular complexity index is 1310. The molecule has 0 atom stereocenters. The number of amides is 1. The normalized spacial score (nSPS) is 13.8. The van der Waals surface area contributed by atoms with Gasteiger partial charge in [-0.2, -0.15) is 0 Å². The summed E-state index contributed by atoms with van der Waals surface area (Å²) in [6, 6.07) is 22.4. The summed E-state index contributed by atoms with van der Waals surface area (Å²) < 4.78 is 20.5. The summed E-state index contributed by atoms with van der Waals surface area (Å²) in [4.78, 5) is 13.2. The van der Waals surface area contributed by atoms with E-state index in [0.717, 1.165) is 0 Å². The molecule has 4 nitrogen and oxygen atoms in total. The third-order valence-electron chi connectivity index (χ3n) is 5.01. The summed E-state index contributed by atoms with van der Waals surface area (Å²) in [5.41, 5.74) is 0.682. The minimum absolute atomic E-state index is 0.139. The van der Waals surface area contributed by atoms with Crippen molar-refractivity contribution < 1.29 is 13.9 Å². The Kier molecular flexibility index (Phi) is 7.65. The standard InChI is InChI=1S/C26H19Cl3NO3P/c27-18-14-15-25(22(16-18)26(31)30-19-8-7-13-23(28)24(29)17-19)33-34(32,20-9-3-1-4-10-20)21-11-5-2-6-12-21/h1-7,9-17H,8H2,(H,30,31). The highest BCUT2D eigenvalue weighted by Crippen LogP contribution is 2.46. The lowest BCUT2D eigenvalue weighted by Crippen LogP contribution is -2.25. The molecular formula is C26H19Cl3NO3P. The SMILES string of the molecule is O=C(NC1=CC(Cl)=C(Cl)C=CC1)c1cc(Cl)ccc1OP(=O)(c1ccccc1)c1ccccc1. The monoisotopic (exact) mass is 529 g/mol. The van der Waals surface area contributed by atoms with Crippen LogP contribution in [-0.4, -0.2) is 5.91 Å². The largest absolute Gasteiger partial charge is 0.436 e. The van der Waals surface area contributed by atoms with E-state index in [4.69, 9.17) is 39.3 Å². The van der Waals surface area contributed by atoms with E-state index >= 15 is 0 Å². The van der Waals surface area contributed by atoms with Gasteiger partial charge in [0, 0.05) is 17.1 Å². The number of allylic oxidation sites excluding steroid dienone is 5. The molecule has 3 aromatic carbocycles. The predicted molar refractivity (Wildman–Crippen MR) is 140 cm³/mol. The van der Waals surface area contributed by atoms with E-state index in [9.17, 15) is 9.36 Å². The number of hydrogen-bond acceptors (Lipinski definition) is 3. The summed E-state index contributed by atoms with van der Waals surface area (Å²) in [5, 5.41) is 4.86. The molecular weight excluding hydrogens is 512 g/mol. The lowest BCUT2D eigenvalue weighted by atomic mass is 10.1. The Morgan fingerprint density at radius 3 is 2.09 bits per heavy atom. The van der Waals surface area contributed by atoms with Gasteiger partial charge in [0.1, 0.15) is 5.75 Å². The second kappa shape index (κ2) is 10.7. The van der Waals surface area contributed by atoms with Gasteiger partial charge in [0.05, 0.1) is 26.2 Å². The van der Waals surface area contributed by atoms with Gasteiger partial charge in [-0.05, 0) is 54.6 Å². The van der Waals surface area contributed by atoms with Crippen LogP contribution in [0.3, 0.4) is 0 Å². The number of carbonyl (C=O) groups is 1. The Balaban J connectivity index is 1.73. The van der Waals surface area contributed by atoms with Crippen LogP contribution in [-0.2, 0) is 4.57 Å². The van der Waals surface area contributed by atoms with Crippen LogP contribution in [0.15, 0.2) is 113 Å². The number of benzene rings is 3. The van der Waals surface area contributed by atoms with Gasteiger partial charge < -0.3 is 9.84 Å². The summed E-state index contributed by atoms with van der Waals surface area (Å²) in [5.74, 6) is -0.338. The van der Waals surface area contributed by atoms with Crippen LogP contribution in [0.2, 0.25) is 5.02 Å². The highest BCUT2D eigenvalue weighted by Gasteiger charge is 2.31. The highest BCUT2D eigenvalue weighted by molar-refractivity contribution is 7.74. The smallest absolute Gasteiger partial charge is 0.306 e. The molecule has 0 bridgehead atoms. The van der Waals surface area contributed by atoms with E-state index in [0.29, 0.717) is 37.8 Å². The van der Waals surface area contributed by atoms with E-state index in [1.165, 1.54) is 6.07 Å². The molecule has 1 amide bonds. The Hall–Kier alpha value is -2.75. The third-order valence-corrected chi connectivity index (χ3v) is 8.39. The van der Waals surface area contributed by atoms with Gasteiger partial charge in [0.15, 0.2) is 0 Å². The number of rotatable bonds is 6. The maximum Gasteiger partial charge on any atom is 0.306 e. The Labute approximate surface area is 213 Å². The first kappa shape index (κ1) is 24.4. The van der Waals surface area contributed by atoms with E-state index in [2.05, 4.69) is 5.32 Å². The molecule has 1 aliphatic carbocycles. The lowest BCUT2D eigenvalue weighted by molar-refractivity contribution is 0.0963. The van der Waals surface area contributed by atoms with Crippen LogP contribution in [0.1, 0.15) is 16.8 Å². The van der Waals surface area contributed by atoms with Crippen molar-refractivity contribution in [1.29, 1.82) is 0 Å². The topological polar surface area (TPSA) is 55.4 Å². The summed E-state index contributed by atoms with van der Waals surface area (Å²) in [6.45, 7) is 0. The molecule has 0 fully saturated rings. The van der Waals surface area contributed by atoms with Crippen LogP contribution >= 0.6 is 42.2 Å². The maximum absolute atomic E-state index is 14.3. The van der Waals surface area contributed by atoms with Gasteiger partial charge in [0.2, 0.25) is 0 Å². The van der Waals surface area contributed by atoms with Gasteiger partial charge in [0.25, 0.3) is 5.91 Å². The maximum atomic E-state index is 14.3. The zero-order valence-electron chi connectivity index (χ0n) is 17.8. The van der Waals surface area contributed by atoms with Crippen molar-refractivity contribution >= 4 is 58.7 Å². The van der Waals surface area contributed by atoms with Gasteiger partial charge >= 0.3 is 7.37 Å². The van der Waals surface area contributed by atoms with Crippen molar-refractivity contribution in [2.75, 3.05) is 0 Å². The quantitative estimate of drug-likeness (QED) is 0.352. The summed E-state index contributed by atoms with van der Waals surface area (Å²) >= 11 is 18.4. The average Bonchev–Trinajstić information content (AvgIpc) is 3.01. The van der Waals surface area contributed by atoms with Gasteiger partial charge in [-0.1, -0.05) is 77.3 Å². The Morgan fingerprint density at radius 2 is 1.47 bits per heavy atom. The second-order valence-electron chi connectivity index (χ2n) is 7.38. The van der Waals surface area contributed by atoms with Crippen LogP contribution in [0.4, 0.5) is 0 Å². The summed E-state index contributed by atoms with van der Waals surface area (Å²) in [7, 11) is -3.59. The fourth-order valence-corrected chi connectivity index (χ4v) is 5.94. The molecule has 0 saturated carbocycles. The van der Waals surface area contributed by atoms with Crippen molar-refractivity contribution in [3.05, 3.63) is 123 Å². The number of nitrogens with one attached hydrogen (secondary N) is 1. The molecule has 172 valence electrons. The zero-order valence-corrected chi connectivity index (χ0v) is 20.9. The molecule has 34 heavy (non-hydrogen) atoms. The number of halogens is 3. The van der Waals surface area contributed by atoms with Crippen LogP contribution in [0.25, 0.3) is 0 Å². The first-order valence-electron chi connectivity index (χ1n) is 10.3. The van der Waals surface area contributed by atoms with Crippen LogP contribution < -0.4 is 20.4 Å². The molecule has 0 unspecified atom stereocenters. The molecule has 4 rings (SSSR count). The summed E-state index contributed by atoms with van der Waals surface area (Å²) in [6.07, 6.45) is 5.47. The number of hydrogen-bond donors (Lipinski definition) is 1. The van der Waals surface area contributed by atoms with Crippen molar-refractivity contribution in [2.45, 2.75) is 6.42 Å². The predicted octanol–water partition coefficient (Wildman–Crippen LogP) is 6.91. The van der Waals surface area contributed by atoms with E-state index in [-0.39, 0.29) is 11.3 Å². The van der Waals surface area contributed by atoms with E-state index < -0.39 is 13.3 Å². The lowest BCUT2D eigenvalue weighted by Gasteiger charge is -2.22. The van der Waals surface area contributed by atoms with Gasteiger partial charge in [-0.15, -0.1) is 0 Å². The van der Waals surface area contributed by atoms with Crippen LogP contribution in [0.5, 0.6) is 5.75 Å². The highest BCUT2D eigenvalue weighted by atomic mass is 35.5. The van der Waals surface area contributed by atoms with Crippen molar-refractivity contribution in [1.82, 2.24) is 5.32 Å². The minimum Gasteiger partial charge on any atom is -0.436 e. The van der Waals surface area contributed by atoms with Gasteiger partial charge in [-0.3, -0.25) is 9.36 Å². The van der Waals surface area contributed by atoms with E-state index in [1.807, 2.05) is 12.1 Å². The van der Waals surface area contributed by atoms with Crippen molar-refractivity contribution in [3.8, 4) is 5.75 Å². The molecule has 1 aliphatic rings. The molecule has 0 radical (unpaired) electrons. The third kappa shape index (κ3) is 5.48. The fourth-order valence-electron chi connectivity index (χ4n) is 3.35. The second-order valence-corrected chi connectivity index (χ2v) is 10.9. The average molecular weight is 531 g/mol.